The van der Waals surface area contributed by atoms with Gasteiger partial charge in [0.2, 0.25) is 0 Å². The highest BCUT2D eigenvalue weighted by Crippen LogP contribution is 2.35. The third kappa shape index (κ3) is 3.67. The molecule has 1 aromatic carbocycles. The van der Waals surface area contributed by atoms with Crippen LogP contribution in [0, 0.1) is 0 Å². The topological polar surface area (TPSA) is 101 Å². The molecule has 9 heteroatoms. The summed E-state index contributed by atoms with van der Waals surface area (Å²) in [6.45, 7) is 0.299. The minimum absolute atomic E-state index is 0.00693. The number of aromatic hydroxyl groups is 1. The summed E-state index contributed by atoms with van der Waals surface area (Å²) in [7, 11) is 2.92. The number of H-pyrrole nitrogens is 1. The van der Waals surface area contributed by atoms with Crippen molar-refractivity contribution >= 4 is 48.7 Å². The lowest BCUT2D eigenvalue weighted by molar-refractivity contribution is 0.0950. The summed E-state index contributed by atoms with van der Waals surface area (Å²) in [6.07, 6.45) is 0. The number of halogens is 2. The van der Waals surface area contributed by atoms with Gasteiger partial charge < -0.3 is 24.9 Å². The maximum absolute atomic E-state index is 12.2. The van der Waals surface area contributed by atoms with Crippen LogP contribution in [0.25, 0.3) is 10.9 Å². The molecule has 0 unspecified atom stereocenters. The monoisotopic (exact) mass is 462 g/mol. The predicted molar refractivity (Wildman–Crippen MR) is 98.2 cm³/mol. The van der Waals surface area contributed by atoms with E-state index in [4.69, 9.17) is 9.47 Å². The number of aromatic amines is 1. The van der Waals surface area contributed by atoms with Crippen molar-refractivity contribution in [3.8, 4) is 17.2 Å². The van der Waals surface area contributed by atoms with Crippen LogP contribution in [0.1, 0.15) is 10.4 Å². The van der Waals surface area contributed by atoms with Gasteiger partial charge in [0.25, 0.3) is 11.5 Å². The van der Waals surface area contributed by atoms with E-state index in [9.17, 15) is 14.7 Å². The first-order valence-corrected chi connectivity index (χ1v) is 8.95. The zero-order valence-electron chi connectivity index (χ0n) is 13.0. The van der Waals surface area contributed by atoms with Crippen molar-refractivity contribution in [3.63, 3.8) is 0 Å². The van der Waals surface area contributed by atoms with Gasteiger partial charge in [0.05, 0.1) is 19.7 Å². The molecule has 1 heterocycles. The van der Waals surface area contributed by atoms with Crippen molar-refractivity contribution in [3.05, 3.63) is 28.0 Å². The summed E-state index contributed by atoms with van der Waals surface area (Å²) < 4.78 is 10.3. The summed E-state index contributed by atoms with van der Waals surface area (Å²) >= 11 is 6.62. The highest BCUT2D eigenvalue weighted by Gasteiger charge is 2.21. The molecule has 0 aliphatic carbocycles. The molecule has 0 spiro atoms. The van der Waals surface area contributed by atoms with Gasteiger partial charge in [0, 0.05) is 28.2 Å². The molecule has 0 bridgehead atoms. The molecular formula is C15H16Br2N2O5. The van der Waals surface area contributed by atoms with E-state index in [1.807, 2.05) is 0 Å². The Kier molecular flexibility index (Phi) is 6.11. The summed E-state index contributed by atoms with van der Waals surface area (Å²) in [4.78, 5) is 27.0. The Bertz CT molecular complexity index is 822. The second-order valence-electron chi connectivity index (χ2n) is 4.89. The van der Waals surface area contributed by atoms with Crippen LogP contribution in [0.5, 0.6) is 17.2 Å². The molecule has 0 aliphatic heterocycles. The lowest BCUT2D eigenvalue weighted by atomic mass is 10.1. The molecule has 7 nitrogen and oxygen atoms in total. The number of hydrogen-bond acceptors (Lipinski definition) is 5. The molecule has 0 saturated carbocycles. The summed E-state index contributed by atoms with van der Waals surface area (Å²) in [5.74, 6) is -0.289. The van der Waals surface area contributed by atoms with Gasteiger partial charge in [0.1, 0.15) is 11.3 Å². The molecule has 2 rings (SSSR count). The van der Waals surface area contributed by atoms with Gasteiger partial charge in [0.15, 0.2) is 11.5 Å². The number of rotatable bonds is 6. The van der Waals surface area contributed by atoms with E-state index in [1.54, 1.807) is 0 Å². The van der Waals surface area contributed by atoms with Crippen molar-refractivity contribution in [2.75, 3.05) is 26.1 Å². The standard InChI is InChI=1S/C15H16Br2N2O5/c1-23-10-3-8-9(4-11(10)24-2)19-15(22)12(13(8)20)14(21)18-6-7(17)5-16/h3-4,7H,5-6H2,1-2H3,(H,18,21)(H2,19,20,22)/t7-/m0/s1. The lowest BCUT2D eigenvalue weighted by Crippen LogP contribution is -2.34. The van der Waals surface area contributed by atoms with Crippen LogP contribution in [-0.4, -0.2) is 46.9 Å². The van der Waals surface area contributed by atoms with E-state index in [1.165, 1.54) is 26.4 Å². The number of amides is 1. The Morgan fingerprint density at radius 1 is 1.33 bits per heavy atom. The van der Waals surface area contributed by atoms with Crippen LogP contribution >= 0.6 is 31.9 Å². The average Bonchev–Trinajstić information content (AvgIpc) is 2.58. The zero-order chi connectivity index (χ0) is 17.9. The molecule has 0 fully saturated rings. The maximum Gasteiger partial charge on any atom is 0.265 e. The first kappa shape index (κ1) is 18.6. The minimum atomic E-state index is -0.685. The Hall–Kier alpha value is -1.74. The van der Waals surface area contributed by atoms with Gasteiger partial charge >= 0.3 is 0 Å². The normalized spacial score (nSPS) is 12.0. The molecule has 3 N–H and O–H groups in total. The molecule has 1 atom stereocenters. The van der Waals surface area contributed by atoms with E-state index < -0.39 is 17.2 Å². The Labute approximate surface area is 154 Å². The van der Waals surface area contributed by atoms with E-state index >= 15 is 0 Å². The van der Waals surface area contributed by atoms with Gasteiger partial charge in [-0.1, -0.05) is 31.9 Å². The first-order chi connectivity index (χ1) is 11.4. The first-order valence-electron chi connectivity index (χ1n) is 6.92. The third-order valence-corrected chi connectivity index (χ3v) is 5.67. The molecule has 0 radical (unpaired) electrons. The Balaban J connectivity index is 2.52. The predicted octanol–water partition coefficient (Wildman–Crippen LogP) is 2.14. The molecular weight excluding hydrogens is 448 g/mol. The fraction of sp³-hybridized carbons (Fsp3) is 0.333. The Morgan fingerprint density at radius 2 is 1.96 bits per heavy atom. The van der Waals surface area contributed by atoms with Crippen LogP contribution < -0.4 is 20.3 Å². The number of benzene rings is 1. The van der Waals surface area contributed by atoms with Crippen LogP contribution in [0.15, 0.2) is 16.9 Å². The third-order valence-electron chi connectivity index (χ3n) is 3.37. The minimum Gasteiger partial charge on any atom is -0.506 e. The number of methoxy groups -OCH3 is 2. The molecule has 130 valence electrons. The molecule has 0 saturated heterocycles. The summed E-state index contributed by atoms with van der Waals surface area (Å²) in [6, 6.07) is 3.03. The number of nitrogens with one attached hydrogen (secondary N) is 2. The fourth-order valence-electron chi connectivity index (χ4n) is 2.16. The molecule has 1 amide bonds. The van der Waals surface area contributed by atoms with Crippen molar-refractivity contribution in [1.29, 1.82) is 0 Å². The molecule has 24 heavy (non-hydrogen) atoms. The zero-order valence-corrected chi connectivity index (χ0v) is 16.2. The van der Waals surface area contributed by atoms with Crippen LogP contribution in [0.3, 0.4) is 0 Å². The molecule has 0 aliphatic rings. The molecule has 2 aromatic rings. The van der Waals surface area contributed by atoms with E-state index in [0.717, 1.165) is 0 Å². The van der Waals surface area contributed by atoms with Crippen molar-refractivity contribution < 1.29 is 19.4 Å². The van der Waals surface area contributed by atoms with Crippen molar-refractivity contribution in [2.24, 2.45) is 0 Å². The highest BCUT2D eigenvalue weighted by molar-refractivity contribution is 9.12. The fourth-order valence-corrected chi connectivity index (χ4v) is 2.55. The summed E-state index contributed by atoms with van der Waals surface area (Å²) in [5.41, 5.74) is -0.691. The molecule has 1 aromatic heterocycles. The number of ether oxygens (including phenoxy) is 2. The smallest absolute Gasteiger partial charge is 0.265 e. The number of aromatic nitrogens is 1. The number of fused-ring (bicyclic) bond motifs is 1. The van der Waals surface area contributed by atoms with E-state index in [2.05, 4.69) is 42.2 Å². The maximum atomic E-state index is 12.2. The Morgan fingerprint density at radius 3 is 2.54 bits per heavy atom. The quantitative estimate of drug-likeness (QED) is 0.570. The van der Waals surface area contributed by atoms with Gasteiger partial charge in [-0.15, -0.1) is 0 Å². The van der Waals surface area contributed by atoms with E-state index in [0.29, 0.717) is 28.9 Å². The number of carbonyl (C=O) groups is 1. The highest BCUT2D eigenvalue weighted by atomic mass is 79.9. The average molecular weight is 464 g/mol. The van der Waals surface area contributed by atoms with Crippen LogP contribution in [-0.2, 0) is 0 Å². The number of hydrogen-bond donors (Lipinski definition) is 3. The number of carbonyl (C=O) groups excluding carboxylic acids is 1. The van der Waals surface area contributed by atoms with Gasteiger partial charge in [-0.25, -0.2) is 0 Å². The summed E-state index contributed by atoms with van der Waals surface area (Å²) in [5, 5.41) is 13.9. The van der Waals surface area contributed by atoms with Gasteiger partial charge in [-0.05, 0) is 6.07 Å². The van der Waals surface area contributed by atoms with Crippen molar-refractivity contribution in [1.82, 2.24) is 10.3 Å². The number of alkyl halides is 2. The van der Waals surface area contributed by atoms with Gasteiger partial charge in [-0.3, -0.25) is 9.59 Å². The largest absolute Gasteiger partial charge is 0.506 e. The lowest BCUT2D eigenvalue weighted by Gasteiger charge is -2.12. The number of pyridine rings is 1. The van der Waals surface area contributed by atoms with Crippen molar-refractivity contribution in [2.45, 2.75) is 4.83 Å². The second-order valence-corrected chi connectivity index (χ2v) is 6.83. The second kappa shape index (κ2) is 7.89. The SMILES string of the molecule is COc1cc2[nH]c(=O)c(C(=O)NC[C@@H](Br)CBr)c(O)c2cc1OC. The van der Waals surface area contributed by atoms with Crippen LogP contribution in [0.4, 0.5) is 0 Å². The van der Waals surface area contributed by atoms with Gasteiger partial charge in [-0.2, -0.15) is 0 Å². The van der Waals surface area contributed by atoms with Crippen LogP contribution in [0.2, 0.25) is 0 Å². The van der Waals surface area contributed by atoms with E-state index in [-0.39, 0.29) is 15.8 Å².